The molecule has 2 atom stereocenters. The third kappa shape index (κ3) is 2.73. The SMILES string of the molecule is CS(=O)c1ncc(C(=O)NC2CN3CCC2CC3)s1. The lowest BCUT2D eigenvalue weighted by Crippen LogP contribution is -2.57. The highest BCUT2D eigenvalue weighted by molar-refractivity contribution is 7.86. The van der Waals surface area contributed by atoms with Crippen LogP contribution in [0, 0.1) is 5.92 Å². The second kappa shape index (κ2) is 5.30. The van der Waals surface area contributed by atoms with Crippen LogP contribution in [0.3, 0.4) is 0 Å². The molecule has 3 aliphatic rings. The molecule has 5 nitrogen and oxygen atoms in total. The van der Waals surface area contributed by atoms with Gasteiger partial charge in [-0.3, -0.25) is 9.00 Å². The van der Waals surface area contributed by atoms with Crippen molar-refractivity contribution in [2.24, 2.45) is 5.92 Å². The molecule has 19 heavy (non-hydrogen) atoms. The quantitative estimate of drug-likeness (QED) is 0.893. The zero-order valence-corrected chi connectivity index (χ0v) is 12.4. The number of fused-ring (bicyclic) bond motifs is 3. The maximum atomic E-state index is 12.2. The Kier molecular flexibility index (Phi) is 3.68. The number of hydrogen-bond acceptors (Lipinski definition) is 5. The molecular formula is C12H17N3O2S2. The van der Waals surface area contributed by atoms with Crippen molar-refractivity contribution in [3.63, 3.8) is 0 Å². The van der Waals surface area contributed by atoms with Gasteiger partial charge in [-0.15, -0.1) is 11.3 Å². The van der Waals surface area contributed by atoms with E-state index >= 15 is 0 Å². The highest BCUT2D eigenvalue weighted by Crippen LogP contribution is 2.28. The number of thiazole rings is 1. The summed E-state index contributed by atoms with van der Waals surface area (Å²) in [6.07, 6.45) is 5.46. The van der Waals surface area contributed by atoms with Crippen molar-refractivity contribution in [1.29, 1.82) is 0 Å². The molecule has 3 fully saturated rings. The third-order valence-electron chi connectivity index (χ3n) is 3.93. The summed E-state index contributed by atoms with van der Waals surface area (Å²) in [7, 11) is -1.11. The van der Waals surface area contributed by atoms with Gasteiger partial charge in [-0.2, -0.15) is 0 Å². The van der Waals surface area contributed by atoms with E-state index in [-0.39, 0.29) is 11.9 Å². The van der Waals surface area contributed by atoms with Gasteiger partial charge in [-0.1, -0.05) is 0 Å². The first-order valence-corrected chi connectivity index (χ1v) is 8.83. The summed E-state index contributed by atoms with van der Waals surface area (Å²) >= 11 is 1.22. The first-order valence-electron chi connectivity index (χ1n) is 6.46. The van der Waals surface area contributed by atoms with Gasteiger partial charge in [0.05, 0.1) is 17.0 Å². The lowest BCUT2D eigenvalue weighted by molar-refractivity contribution is 0.0622. The largest absolute Gasteiger partial charge is 0.347 e. The molecule has 4 rings (SSSR count). The number of nitrogens with zero attached hydrogens (tertiary/aromatic N) is 2. The zero-order valence-electron chi connectivity index (χ0n) is 10.8. The average molecular weight is 299 g/mol. The lowest BCUT2D eigenvalue weighted by atomic mass is 9.84. The first kappa shape index (κ1) is 13.2. The van der Waals surface area contributed by atoms with Gasteiger partial charge in [0, 0.05) is 18.8 Å². The molecule has 0 spiro atoms. The van der Waals surface area contributed by atoms with Gasteiger partial charge < -0.3 is 10.2 Å². The van der Waals surface area contributed by atoms with Crippen molar-refractivity contribution in [1.82, 2.24) is 15.2 Å². The van der Waals surface area contributed by atoms with Gasteiger partial charge in [0.2, 0.25) is 0 Å². The Morgan fingerprint density at radius 2 is 2.26 bits per heavy atom. The van der Waals surface area contributed by atoms with Gasteiger partial charge in [0.25, 0.3) is 5.91 Å². The molecule has 3 aliphatic heterocycles. The minimum Gasteiger partial charge on any atom is -0.347 e. The number of aromatic nitrogens is 1. The summed E-state index contributed by atoms with van der Waals surface area (Å²) in [6.45, 7) is 3.29. The predicted molar refractivity (Wildman–Crippen MR) is 74.9 cm³/mol. The summed E-state index contributed by atoms with van der Waals surface area (Å²) in [5.41, 5.74) is 0. The molecule has 3 saturated heterocycles. The fraction of sp³-hybridized carbons (Fsp3) is 0.667. The van der Waals surface area contributed by atoms with Crippen LogP contribution in [0.5, 0.6) is 0 Å². The minimum atomic E-state index is -1.11. The highest BCUT2D eigenvalue weighted by Gasteiger charge is 2.35. The van der Waals surface area contributed by atoms with Crippen LogP contribution < -0.4 is 5.32 Å². The summed E-state index contributed by atoms with van der Waals surface area (Å²) < 4.78 is 11.8. The number of carbonyl (C=O) groups is 1. The Morgan fingerprint density at radius 1 is 1.53 bits per heavy atom. The molecule has 0 aromatic carbocycles. The third-order valence-corrected chi connectivity index (χ3v) is 6.27. The van der Waals surface area contributed by atoms with E-state index in [0.717, 1.165) is 19.6 Å². The predicted octanol–water partition coefficient (Wildman–Crippen LogP) is 0.704. The Hall–Kier alpha value is -0.790. The van der Waals surface area contributed by atoms with E-state index in [9.17, 15) is 9.00 Å². The van der Waals surface area contributed by atoms with E-state index in [0.29, 0.717) is 15.1 Å². The Morgan fingerprint density at radius 3 is 2.79 bits per heavy atom. The monoisotopic (exact) mass is 299 g/mol. The number of amides is 1. The molecule has 2 bridgehead atoms. The van der Waals surface area contributed by atoms with E-state index in [1.165, 1.54) is 30.4 Å². The van der Waals surface area contributed by atoms with Crippen LogP contribution >= 0.6 is 11.3 Å². The van der Waals surface area contributed by atoms with Crippen LogP contribution in [-0.4, -0.2) is 51.9 Å². The Labute approximate surface area is 118 Å². The molecule has 0 radical (unpaired) electrons. The smallest absolute Gasteiger partial charge is 0.263 e. The number of rotatable bonds is 3. The average Bonchev–Trinajstić information content (AvgIpc) is 2.90. The number of nitrogens with one attached hydrogen (secondary N) is 1. The van der Waals surface area contributed by atoms with Crippen molar-refractivity contribution in [3.05, 3.63) is 11.1 Å². The molecule has 1 aromatic heterocycles. The van der Waals surface area contributed by atoms with Gasteiger partial charge in [0.1, 0.15) is 4.88 Å². The maximum Gasteiger partial charge on any atom is 0.263 e. The van der Waals surface area contributed by atoms with Crippen LogP contribution in [0.15, 0.2) is 10.5 Å². The summed E-state index contributed by atoms with van der Waals surface area (Å²) in [5.74, 6) is 0.537. The molecular weight excluding hydrogens is 282 g/mol. The van der Waals surface area contributed by atoms with Crippen LogP contribution in [0.1, 0.15) is 22.5 Å². The molecule has 2 unspecified atom stereocenters. The van der Waals surface area contributed by atoms with E-state index in [4.69, 9.17) is 0 Å². The van der Waals surface area contributed by atoms with Gasteiger partial charge >= 0.3 is 0 Å². The molecule has 1 aromatic rings. The van der Waals surface area contributed by atoms with Crippen molar-refractivity contribution < 1.29 is 9.00 Å². The number of carbonyl (C=O) groups excluding carboxylic acids is 1. The van der Waals surface area contributed by atoms with Crippen LogP contribution in [0.2, 0.25) is 0 Å². The van der Waals surface area contributed by atoms with Crippen LogP contribution in [-0.2, 0) is 10.8 Å². The Balaban J connectivity index is 1.66. The second-order valence-electron chi connectivity index (χ2n) is 5.16. The first-order chi connectivity index (χ1) is 9.13. The van der Waals surface area contributed by atoms with Gasteiger partial charge in [-0.25, -0.2) is 4.98 Å². The van der Waals surface area contributed by atoms with Crippen LogP contribution in [0.25, 0.3) is 0 Å². The van der Waals surface area contributed by atoms with Crippen LogP contribution in [0.4, 0.5) is 0 Å². The number of piperidine rings is 3. The Bertz CT molecular complexity index is 509. The van der Waals surface area contributed by atoms with Crippen molar-refractivity contribution in [3.8, 4) is 0 Å². The summed E-state index contributed by atoms with van der Waals surface area (Å²) in [6, 6.07) is 0.257. The molecule has 0 saturated carbocycles. The zero-order chi connectivity index (χ0) is 13.4. The summed E-state index contributed by atoms with van der Waals surface area (Å²) in [4.78, 5) is 19.2. The number of hydrogen-bond donors (Lipinski definition) is 1. The normalized spacial score (nSPS) is 31.1. The second-order valence-corrected chi connectivity index (χ2v) is 7.75. The fourth-order valence-corrected chi connectivity index (χ4v) is 4.35. The summed E-state index contributed by atoms with van der Waals surface area (Å²) in [5, 5.41) is 3.11. The maximum absolute atomic E-state index is 12.2. The molecule has 1 amide bonds. The van der Waals surface area contributed by atoms with E-state index < -0.39 is 10.8 Å². The van der Waals surface area contributed by atoms with Crippen molar-refractivity contribution in [2.45, 2.75) is 23.2 Å². The van der Waals surface area contributed by atoms with E-state index in [1.54, 1.807) is 6.26 Å². The molecule has 1 N–H and O–H groups in total. The molecule has 7 heteroatoms. The lowest BCUT2D eigenvalue weighted by Gasteiger charge is -2.44. The molecule has 0 aliphatic carbocycles. The fourth-order valence-electron chi connectivity index (χ4n) is 2.86. The topological polar surface area (TPSA) is 62.3 Å². The van der Waals surface area contributed by atoms with E-state index in [2.05, 4.69) is 15.2 Å². The van der Waals surface area contributed by atoms with E-state index in [1.807, 2.05) is 0 Å². The standard InChI is InChI=1S/C12H17N3O2S2/c1-19(17)12-13-6-10(18-12)11(16)14-9-7-15-4-2-8(9)3-5-15/h6,8-9H,2-5,7H2,1H3,(H,14,16). The minimum absolute atomic E-state index is 0.0760. The van der Waals surface area contributed by atoms with Crippen molar-refractivity contribution in [2.75, 3.05) is 25.9 Å². The van der Waals surface area contributed by atoms with Gasteiger partial charge in [0.15, 0.2) is 4.34 Å². The molecule has 4 heterocycles. The highest BCUT2D eigenvalue weighted by atomic mass is 32.2. The van der Waals surface area contributed by atoms with Crippen molar-refractivity contribution >= 4 is 28.0 Å². The molecule has 104 valence electrons. The van der Waals surface area contributed by atoms with Gasteiger partial charge in [-0.05, 0) is 31.8 Å².